The maximum Gasteiger partial charge on any atom is 0.343 e. The van der Waals surface area contributed by atoms with Crippen LogP contribution < -0.4 is 5.32 Å². The number of sulfone groups is 1. The molecule has 220 valence electrons. The molecule has 2 aliphatic rings. The molecule has 2 aliphatic heterocycles. The van der Waals surface area contributed by atoms with Crippen LogP contribution in [0.3, 0.4) is 0 Å². The molecule has 0 aromatic heterocycles. The summed E-state index contributed by atoms with van der Waals surface area (Å²) in [5.74, 6) is -0.936. The lowest BCUT2D eigenvalue weighted by atomic mass is 9.87. The number of esters is 1. The maximum atomic E-state index is 13.2. The van der Waals surface area contributed by atoms with Crippen LogP contribution >= 0.6 is 11.6 Å². The lowest BCUT2D eigenvalue weighted by molar-refractivity contribution is -0.152. The summed E-state index contributed by atoms with van der Waals surface area (Å²) in [6, 6.07) is 19.8. The first-order chi connectivity index (χ1) is 20.0. The Balaban J connectivity index is 1.34. The van der Waals surface area contributed by atoms with Crippen LogP contribution in [0.5, 0.6) is 0 Å². The fraction of sp³-hybridized carbons (Fsp3) is 0.312. The number of aryl methyl sites for hydroxylation is 1. The van der Waals surface area contributed by atoms with Gasteiger partial charge in [-0.2, -0.15) is 0 Å². The van der Waals surface area contributed by atoms with Crippen molar-refractivity contribution < 1.29 is 27.9 Å². The Morgan fingerprint density at radius 3 is 2.60 bits per heavy atom. The van der Waals surface area contributed by atoms with Crippen molar-refractivity contribution in [3.05, 3.63) is 94.2 Å². The van der Waals surface area contributed by atoms with E-state index in [4.69, 9.17) is 16.3 Å². The molecule has 1 unspecified atom stereocenters. The van der Waals surface area contributed by atoms with Crippen LogP contribution in [0.25, 0.3) is 16.7 Å². The van der Waals surface area contributed by atoms with Crippen molar-refractivity contribution in [3.63, 3.8) is 0 Å². The second kappa shape index (κ2) is 11.9. The number of benzene rings is 3. The number of halogens is 1. The second-order valence-corrected chi connectivity index (χ2v) is 13.4. The van der Waals surface area contributed by atoms with Crippen LogP contribution in [0.1, 0.15) is 29.5 Å². The molecule has 10 heteroatoms. The van der Waals surface area contributed by atoms with Gasteiger partial charge in [0.2, 0.25) is 5.91 Å². The molecule has 0 bridgehead atoms. The van der Waals surface area contributed by atoms with E-state index < -0.39 is 21.4 Å². The zero-order valence-corrected chi connectivity index (χ0v) is 25.1. The molecule has 2 heterocycles. The third-order valence-corrected chi connectivity index (χ3v) is 9.22. The minimum absolute atomic E-state index is 0.0556. The molecule has 42 heavy (non-hydrogen) atoms. The lowest BCUT2D eigenvalue weighted by Gasteiger charge is -2.38. The summed E-state index contributed by atoms with van der Waals surface area (Å²) in [5, 5.41) is 14.7. The van der Waals surface area contributed by atoms with Crippen molar-refractivity contribution >= 4 is 38.9 Å². The van der Waals surface area contributed by atoms with E-state index in [9.17, 15) is 23.1 Å². The fourth-order valence-corrected chi connectivity index (χ4v) is 6.61. The molecule has 3 aromatic carbocycles. The van der Waals surface area contributed by atoms with E-state index in [1.165, 1.54) is 6.07 Å². The van der Waals surface area contributed by atoms with Crippen molar-refractivity contribution in [2.75, 3.05) is 32.4 Å². The summed E-state index contributed by atoms with van der Waals surface area (Å²) in [5.41, 5.74) is 2.29. The number of hydrogen-bond acceptors (Lipinski definition) is 7. The molecule has 8 nitrogen and oxygen atoms in total. The Bertz CT molecular complexity index is 1670. The number of nitrogens with zero attached hydrogens (tertiary/aromatic N) is 1. The minimum atomic E-state index is -3.41. The Morgan fingerprint density at radius 1 is 1.10 bits per heavy atom. The lowest BCUT2D eigenvalue weighted by Crippen LogP contribution is -2.52. The van der Waals surface area contributed by atoms with Crippen LogP contribution in [0.4, 0.5) is 0 Å². The largest absolute Gasteiger partial charge is 0.507 e. The molecule has 2 N–H and O–H groups in total. The first kappa shape index (κ1) is 29.8. The zero-order chi connectivity index (χ0) is 30.1. The average molecular weight is 609 g/mol. The molecule has 1 saturated heterocycles. The average Bonchev–Trinajstić information content (AvgIpc) is 3.17. The molecular weight excluding hydrogens is 576 g/mol. The molecule has 0 saturated carbocycles. The summed E-state index contributed by atoms with van der Waals surface area (Å²) in [4.78, 5) is 27.9. The first-order valence-corrected chi connectivity index (χ1v) is 16.0. The third kappa shape index (κ3) is 6.23. The fourth-order valence-electron chi connectivity index (χ4n) is 5.67. The zero-order valence-electron chi connectivity index (χ0n) is 23.5. The van der Waals surface area contributed by atoms with E-state index in [-0.39, 0.29) is 35.2 Å². The summed E-state index contributed by atoms with van der Waals surface area (Å²) in [6.45, 7) is 3.27. The molecular formula is C32H33ClN2O6S. The monoisotopic (exact) mass is 608 g/mol. The molecule has 1 atom stereocenters. The third-order valence-electron chi connectivity index (χ3n) is 7.80. The highest BCUT2D eigenvalue weighted by molar-refractivity contribution is 7.90. The van der Waals surface area contributed by atoms with Crippen molar-refractivity contribution in [1.82, 2.24) is 10.2 Å². The standard InChI is InChI=1S/C32H33ClN2O6S/c1-21-16-26(23-10-6-11-24(17-23)42(2,39)40)27(33)18-25(21)29-30(37)32(41-31(29)38)13-7-15-35(20-32)19-28(36)34-14-12-22-8-4-3-5-9-22/h3-6,8-11,16-18,37H,7,12-15,19-20H2,1-2H3,(H,34,36). The van der Waals surface area contributed by atoms with Gasteiger partial charge >= 0.3 is 5.97 Å². The minimum Gasteiger partial charge on any atom is -0.507 e. The summed E-state index contributed by atoms with van der Waals surface area (Å²) >= 11 is 6.66. The predicted octanol–water partition coefficient (Wildman–Crippen LogP) is 4.74. The van der Waals surface area contributed by atoms with Gasteiger partial charge in [0.25, 0.3) is 0 Å². The molecule has 1 fully saturated rings. The SMILES string of the molecule is Cc1cc(-c2cccc(S(C)(=O)=O)c2)c(Cl)cc1C1=C(O)C2(CCCN(CC(=O)NCCc3ccccc3)C2)OC1=O. The number of hydrogen-bond donors (Lipinski definition) is 2. The van der Waals surface area contributed by atoms with Crippen LogP contribution in [0.15, 0.2) is 77.4 Å². The number of ether oxygens (including phenoxy) is 1. The van der Waals surface area contributed by atoms with E-state index in [1.54, 1.807) is 37.3 Å². The number of likely N-dealkylation sites (tertiary alicyclic amines) is 1. The number of aliphatic hydroxyl groups is 1. The molecule has 0 radical (unpaired) electrons. The van der Waals surface area contributed by atoms with Crippen LogP contribution in [0, 0.1) is 6.92 Å². The van der Waals surface area contributed by atoms with E-state index in [2.05, 4.69) is 5.32 Å². The normalized spacial score (nSPS) is 19.3. The van der Waals surface area contributed by atoms with Gasteiger partial charge in [-0.3, -0.25) is 9.69 Å². The summed E-state index contributed by atoms with van der Waals surface area (Å²) in [7, 11) is -3.41. The van der Waals surface area contributed by atoms with E-state index in [1.807, 2.05) is 35.2 Å². The van der Waals surface area contributed by atoms with Gasteiger partial charge in [-0.05, 0) is 79.3 Å². The maximum absolute atomic E-state index is 13.2. The number of carbonyl (C=O) groups is 2. The van der Waals surface area contributed by atoms with Crippen molar-refractivity contribution in [1.29, 1.82) is 0 Å². The van der Waals surface area contributed by atoms with Gasteiger partial charge in [-0.25, -0.2) is 13.2 Å². The highest BCUT2D eigenvalue weighted by Gasteiger charge is 2.51. The number of piperidine rings is 1. The summed E-state index contributed by atoms with van der Waals surface area (Å²) in [6.07, 6.45) is 2.94. The van der Waals surface area contributed by atoms with Crippen LogP contribution in [-0.4, -0.2) is 68.3 Å². The number of amides is 1. The van der Waals surface area contributed by atoms with E-state index in [0.29, 0.717) is 53.2 Å². The van der Waals surface area contributed by atoms with Crippen LogP contribution in [0.2, 0.25) is 5.02 Å². The quantitative estimate of drug-likeness (QED) is 0.355. The van der Waals surface area contributed by atoms with Crippen molar-refractivity contribution in [3.8, 4) is 11.1 Å². The first-order valence-electron chi connectivity index (χ1n) is 13.8. The highest BCUT2D eigenvalue weighted by Crippen LogP contribution is 2.44. The topological polar surface area (TPSA) is 113 Å². The number of rotatable bonds is 8. The smallest absolute Gasteiger partial charge is 0.343 e. The van der Waals surface area contributed by atoms with Gasteiger partial charge in [0.1, 0.15) is 5.57 Å². The highest BCUT2D eigenvalue weighted by atomic mass is 35.5. The Morgan fingerprint density at radius 2 is 1.86 bits per heavy atom. The molecule has 3 aromatic rings. The number of carbonyl (C=O) groups excluding carboxylic acids is 2. The van der Waals surface area contributed by atoms with Gasteiger partial charge in [-0.15, -0.1) is 0 Å². The van der Waals surface area contributed by atoms with Gasteiger partial charge in [0, 0.05) is 29.9 Å². The Labute approximate surface area is 250 Å². The predicted molar refractivity (Wildman–Crippen MR) is 162 cm³/mol. The summed E-state index contributed by atoms with van der Waals surface area (Å²) < 4.78 is 29.9. The van der Waals surface area contributed by atoms with Crippen molar-refractivity contribution in [2.24, 2.45) is 0 Å². The molecule has 1 amide bonds. The van der Waals surface area contributed by atoms with Gasteiger partial charge in [-0.1, -0.05) is 54.1 Å². The van der Waals surface area contributed by atoms with Gasteiger partial charge in [0.15, 0.2) is 21.2 Å². The van der Waals surface area contributed by atoms with Gasteiger partial charge < -0.3 is 15.2 Å². The Hall–Kier alpha value is -3.66. The van der Waals surface area contributed by atoms with E-state index >= 15 is 0 Å². The molecule has 5 rings (SSSR count). The second-order valence-electron chi connectivity index (χ2n) is 11.0. The Kier molecular flexibility index (Phi) is 8.46. The molecule has 1 spiro atoms. The van der Waals surface area contributed by atoms with Crippen LogP contribution in [-0.2, 0) is 30.6 Å². The number of nitrogens with one attached hydrogen (secondary N) is 1. The van der Waals surface area contributed by atoms with E-state index in [0.717, 1.165) is 18.2 Å². The number of aliphatic hydroxyl groups excluding tert-OH is 1. The molecule has 0 aliphatic carbocycles. The van der Waals surface area contributed by atoms with Crippen molar-refractivity contribution in [2.45, 2.75) is 36.7 Å². The van der Waals surface area contributed by atoms with Gasteiger partial charge in [0.05, 0.1) is 11.4 Å².